The second kappa shape index (κ2) is 36.3. The summed E-state index contributed by atoms with van der Waals surface area (Å²) in [5.74, 6) is 0. The Bertz CT molecular complexity index is 81.4. The number of hydrogen-bond acceptors (Lipinski definition) is 2. The first-order valence-electron chi connectivity index (χ1n) is 7.05. The average molecular weight is 447 g/mol. The zero-order valence-electron chi connectivity index (χ0n) is 12.9. The zero-order valence-corrected chi connectivity index (χ0v) is 16.5. The van der Waals surface area contributed by atoms with Crippen LogP contribution in [0.25, 0.3) is 0 Å². The monoisotopic (exact) mass is 448 g/mol. The molecule has 0 heterocycles. The van der Waals surface area contributed by atoms with Crippen LogP contribution >= 0.6 is 0 Å². The largest absolute Gasteiger partial charge is 0.412 e. The molecule has 0 saturated carbocycles. The van der Waals surface area contributed by atoms with Gasteiger partial charge in [-0.1, -0.05) is 65.2 Å². The van der Waals surface area contributed by atoms with Crippen molar-refractivity contribution in [3.8, 4) is 0 Å². The van der Waals surface area contributed by atoms with Gasteiger partial charge in [-0.25, -0.2) is 0 Å². The summed E-state index contributed by atoms with van der Waals surface area (Å²) < 4.78 is 0. The fraction of sp³-hybridized carbons (Fsp3) is 1.00. The van der Waals surface area contributed by atoms with E-state index in [-0.39, 0.29) is 36.8 Å². The molecule has 19 heavy (non-hydrogen) atoms. The first-order valence-corrected chi connectivity index (χ1v) is 7.05. The molecule has 4 nitrogen and oxygen atoms in total. The Hall–Kier alpha value is 0.710. The first kappa shape index (κ1) is 31.9. The van der Waals surface area contributed by atoms with Crippen LogP contribution < -0.4 is 0 Å². The van der Waals surface area contributed by atoms with Gasteiger partial charge in [0.25, 0.3) is 0 Å². The molecule has 0 aromatic carbocycles. The van der Waals surface area contributed by atoms with Crippen molar-refractivity contribution >= 4 is 0 Å². The van der Waals surface area contributed by atoms with Crippen LogP contribution in [0.4, 0.5) is 0 Å². The van der Waals surface area contributed by atoms with E-state index < -0.39 is 0 Å². The Morgan fingerprint density at radius 2 is 0.789 bits per heavy atom. The SMILES string of the molecule is CCCCCCCO.CCCCCCCO.O.O.[Hf]. The first-order chi connectivity index (χ1) is 7.83. The van der Waals surface area contributed by atoms with Crippen molar-refractivity contribution in [3.63, 3.8) is 0 Å². The quantitative estimate of drug-likeness (QED) is 0.397. The summed E-state index contributed by atoms with van der Waals surface area (Å²) in [6.45, 7) is 5.12. The van der Waals surface area contributed by atoms with Crippen LogP contribution in [-0.2, 0) is 25.8 Å². The number of aliphatic hydroxyl groups excluding tert-OH is 2. The van der Waals surface area contributed by atoms with Gasteiger partial charge in [0.2, 0.25) is 0 Å². The molecule has 120 valence electrons. The zero-order chi connectivity index (χ0) is 12.5. The predicted molar refractivity (Wildman–Crippen MR) is 78.9 cm³/mol. The fourth-order valence-electron chi connectivity index (χ4n) is 1.43. The third-order valence-corrected chi connectivity index (χ3v) is 2.52. The number of aliphatic hydroxyl groups is 2. The summed E-state index contributed by atoms with van der Waals surface area (Å²) >= 11 is 0. The van der Waals surface area contributed by atoms with Crippen LogP contribution in [0.5, 0.6) is 0 Å². The van der Waals surface area contributed by atoms with Crippen LogP contribution in [0.15, 0.2) is 0 Å². The van der Waals surface area contributed by atoms with E-state index in [1.54, 1.807) is 0 Å². The molecule has 0 amide bonds. The summed E-state index contributed by atoms with van der Waals surface area (Å²) in [5, 5.41) is 16.7. The van der Waals surface area contributed by atoms with Gasteiger partial charge in [0, 0.05) is 39.1 Å². The minimum atomic E-state index is 0. The minimum absolute atomic E-state index is 0. The molecule has 0 aromatic rings. The van der Waals surface area contributed by atoms with Gasteiger partial charge in [-0.3, -0.25) is 0 Å². The predicted octanol–water partition coefficient (Wildman–Crippen LogP) is 2.25. The van der Waals surface area contributed by atoms with Crippen molar-refractivity contribution in [1.29, 1.82) is 0 Å². The Labute approximate surface area is 138 Å². The topological polar surface area (TPSA) is 103 Å². The maximum atomic E-state index is 8.37. The van der Waals surface area contributed by atoms with Crippen LogP contribution in [0.3, 0.4) is 0 Å². The van der Waals surface area contributed by atoms with E-state index in [1.165, 1.54) is 51.4 Å². The third-order valence-electron chi connectivity index (χ3n) is 2.52. The van der Waals surface area contributed by atoms with Crippen molar-refractivity contribution in [1.82, 2.24) is 0 Å². The second-order valence-electron chi connectivity index (χ2n) is 4.28. The van der Waals surface area contributed by atoms with Gasteiger partial charge in [0.05, 0.1) is 0 Å². The van der Waals surface area contributed by atoms with Crippen LogP contribution in [-0.4, -0.2) is 34.4 Å². The fourth-order valence-corrected chi connectivity index (χ4v) is 1.43. The molecule has 0 unspecified atom stereocenters. The van der Waals surface area contributed by atoms with Crippen LogP contribution in [0, 0.1) is 0 Å². The maximum absolute atomic E-state index is 8.37. The van der Waals surface area contributed by atoms with Gasteiger partial charge in [-0.05, 0) is 12.8 Å². The van der Waals surface area contributed by atoms with E-state index >= 15 is 0 Å². The Kier molecular flexibility index (Phi) is 61.0. The van der Waals surface area contributed by atoms with E-state index in [0.717, 1.165) is 12.8 Å². The minimum Gasteiger partial charge on any atom is -0.412 e. The van der Waals surface area contributed by atoms with Gasteiger partial charge >= 0.3 is 0 Å². The molecule has 0 radical (unpaired) electrons. The van der Waals surface area contributed by atoms with E-state index in [9.17, 15) is 0 Å². The summed E-state index contributed by atoms with van der Waals surface area (Å²) in [6.07, 6.45) is 12.2. The summed E-state index contributed by atoms with van der Waals surface area (Å²) in [7, 11) is 0. The molecule has 0 rings (SSSR count). The van der Waals surface area contributed by atoms with E-state index in [4.69, 9.17) is 10.2 Å². The van der Waals surface area contributed by atoms with Gasteiger partial charge in [0.1, 0.15) is 0 Å². The third kappa shape index (κ3) is 45.5. The van der Waals surface area contributed by atoms with Crippen LogP contribution in [0.2, 0.25) is 0 Å². The van der Waals surface area contributed by atoms with Gasteiger partial charge < -0.3 is 21.2 Å². The Balaban J connectivity index is -0.0000000594. The molecule has 0 spiro atoms. The van der Waals surface area contributed by atoms with Gasteiger partial charge in [0.15, 0.2) is 0 Å². The van der Waals surface area contributed by atoms with E-state index in [2.05, 4.69) is 13.8 Å². The van der Waals surface area contributed by atoms with E-state index in [0.29, 0.717) is 13.2 Å². The maximum Gasteiger partial charge on any atom is 0.0431 e. The summed E-state index contributed by atoms with van der Waals surface area (Å²) in [6, 6.07) is 0. The van der Waals surface area contributed by atoms with Crippen LogP contribution in [0.1, 0.15) is 78.1 Å². The molecular formula is C14H36HfO4. The normalized spacial score (nSPS) is 8.21. The molecule has 0 atom stereocenters. The van der Waals surface area contributed by atoms with Crippen molar-refractivity contribution in [2.45, 2.75) is 78.1 Å². The molecular weight excluding hydrogens is 411 g/mol. The molecule has 0 saturated heterocycles. The number of hydrogen-bond donors (Lipinski definition) is 2. The van der Waals surface area contributed by atoms with Crippen molar-refractivity contribution < 1.29 is 47.0 Å². The number of unbranched alkanes of at least 4 members (excludes halogenated alkanes) is 8. The van der Waals surface area contributed by atoms with Crippen molar-refractivity contribution in [3.05, 3.63) is 0 Å². The second-order valence-corrected chi connectivity index (χ2v) is 4.28. The standard InChI is InChI=1S/2C7H16O.Hf.2H2O/c2*1-2-3-4-5-6-7-8;;;/h2*8H,2-7H2,1H3;;2*1H2. The molecule has 0 aliphatic rings. The average Bonchev–Trinajstić information content (AvgIpc) is 2.31. The smallest absolute Gasteiger partial charge is 0.0431 e. The molecule has 0 fully saturated rings. The van der Waals surface area contributed by atoms with Crippen molar-refractivity contribution in [2.24, 2.45) is 0 Å². The molecule has 0 aliphatic carbocycles. The molecule has 0 bridgehead atoms. The summed E-state index contributed by atoms with van der Waals surface area (Å²) in [5.41, 5.74) is 0. The van der Waals surface area contributed by atoms with E-state index in [1.807, 2.05) is 0 Å². The Morgan fingerprint density at radius 3 is 1.00 bits per heavy atom. The molecule has 0 aliphatic heterocycles. The van der Waals surface area contributed by atoms with Gasteiger partial charge in [-0.15, -0.1) is 0 Å². The molecule has 0 aromatic heterocycles. The molecule has 6 N–H and O–H groups in total. The molecule has 5 heteroatoms. The van der Waals surface area contributed by atoms with Crippen molar-refractivity contribution in [2.75, 3.05) is 13.2 Å². The number of rotatable bonds is 10. The summed E-state index contributed by atoms with van der Waals surface area (Å²) in [4.78, 5) is 0. The van der Waals surface area contributed by atoms with Gasteiger partial charge in [-0.2, -0.15) is 0 Å². The Morgan fingerprint density at radius 1 is 0.526 bits per heavy atom.